The average Bonchev–Trinajstić information content (AvgIpc) is 2.53. The fraction of sp³-hybridized carbons (Fsp3) is 0.769. The number of hydrogen-bond donors (Lipinski definition) is 2. The minimum Gasteiger partial charge on any atom is -0.350 e. The summed E-state index contributed by atoms with van der Waals surface area (Å²) in [5.41, 5.74) is -1.26. The van der Waals surface area contributed by atoms with Crippen molar-refractivity contribution in [2.45, 2.75) is 58.5 Å². The van der Waals surface area contributed by atoms with Crippen molar-refractivity contribution < 1.29 is 14.4 Å². The van der Waals surface area contributed by atoms with Gasteiger partial charge >= 0.3 is 6.03 Å². The van der Waals surface area contributed by atoms with Gasteiger partial charge in [-0.2, -0.15) is 0 Å². The summed E-state index contributed by atoms with van der Waals surface area (Å²) in [7, 11) is 0. The van der Waals surface area contributed by atoms with Crippen molar-refractivity contribution in [3.8, 4) is 0 Å². The Morgan fingerprint density at radius 1 is 1.37 bits per heavy atom. The van der Waals surface area contributed by atoms with Gasteiger partial charge in [0.15, 0.2) is 0 Å². The van der Waals surface area contributed by atoms with Crippen LogP contribution in [0, 0.1) is 0 Å². The lowest BCUT2D eigenvalue weighted by atomic mass is 9.97. The molecule has 0 saturated carbocycles. The van der Waals surface area contributed by atoms with E-state index in [1.807, 2.05) is 27.7 Å². The van der Waals surface area contributed by atoms with Crippen LogP contribution in [0.5, 0.6) is 0 Å². The molecule has 1 unspecified atom stereocenters. The summed E-state index contributed by atoms with van der Waals surface area (Å²) < 4.78 is 0. The number of nitrogens with one attached hydrogen (secondary N) is 2. The molecule has 0 aromatic heterocycles. The SMILES string of the molecule is CCC(C)(C)NC(=O)CN1C(=O)NC(=O)C1(C)CC. The average molecular weight is 269 g/mol. The third-order valence-electron chi connectivity index (χ3n) is 3.90. The van der Waals surface area contributed by atoms with Crippen molar-refractivity contribution in [3.05, 3.63) is 0 Å². The molecule has 1 aliphatic rings. The van der Waals surface area contributed by atoms with Crippen molar-refractivity contribution in [2.75, 3.05) is 6.54 Å². The van der Waals surface area contributed by atoms with E-state index in [2.05, 4.69) is 10.6 Å². The molecule has 1 aliphatic heterocycles. The number of rotatable bonds is 5. The summed E-state index contributed by atoms with van der Waals surface area (Å²) >= 11 is 0. The number of carbonyl (C=O) groups excluding carboxylic acids is 3. The maximum atomic E-state index is 12.0. The van der Waals surface area contributed by atoms with E-state index < -0.39 is 11.6 Å². The summed E-state index contributed by atoms with van der Waals surface area (Å²) in [6.45, 7) is 9.19. The second-order valence-corrected chi connectivity index (χ2v) is 5.76. The van der Waals surface area contributed by atoms with Gasteiger partial charge in [0.2, 0.25) is 5.91 Å². The molecule has 4 amide bonds. The normalized spacial score (nSPS) is 23.5. The first-order valence-corrected chi connectivity index (χ1v) is 6.60. The van der Waals surface area contributed by atoms with Crippen molar-refractivity contribution in [3.63, 3.8) is 0 Å². The number of urea groups is 1. The van der Waals surface area contributed by atoms with Gasteiger partial charge in [0.05, 0.1) is 0 Å². The Morgan fingerprint density at radius 2 is 1.95 bits per heavy atom. The van der Waals surface area contributed by atoms with Crippen LogP contribution >= 0.6 is 0 Å². The van der Waals surface area contributed by atoms with Crippen LogP contribution < -0.4 is 10.6 Å². The van der Waals surface area contributed by atoms with Gasteiger partial charge in [0, 0.05) is 5.54 Å². The van der Waals surface area contributed by atoms with E-state index >= 15 is 0 Å². The summed E-state index contributed by atoms with van der Waals surface area (Å²) in [5.74, 6) is -0.598. The Kier molecular flexibility index (Phi) is 4.22. The maximum Gasteiger partial charge on any atom is 0.325 e. The number of imide groups is 1. The third kappa shape index (κ3) is 3.05. The molecule has 0 bridgehead atoms. The highest BCUT2D eigenvalue weighted by Crippen LogP contribution is 2.24. The summed E-state index contributed by atoms with van der Waals surface area (Å²) in [4.78, 5) is 36.8. The minimum atomic E-state index is -0.940. The summed E-state index contributed by atoms with van der Waals surface area (Å²) in [6.07, 6.45) is 1.25. The fourth-order valence-corrected chi connectivity index (χ4v) is 1.89. The lowest BCUT2D eigenvalue weighted by molar-refractivity contribution is -0.128. The van der Waals surface area contributed by atoms with Gasteiger partial charge in [0.25, 0.3) is 5.91 Å². The Labute approximate surface area is 113 Å². The van der Waals surface area contributed by atoms with E-state index in [4.69, 9.17) is 0 Å². The first-order chi connectivity index (χ1) is 8.66. The molecule has 1 rings (SSSR count). The second-order valence-electron chi connectivity index (χ2n) is 5.76. The van der Waals surface area contributed by atoms with E-state index in [1.165, 1.54) is 4.90 Å². The molecule has 6 heteroatoms. The van der Waals surface area contributed by atoms with Gasteiger partial charge in [-0.1, -0.05) is 13.8 Å². The monoisotopic (exact) mass is 269 g/mol. The molecule has 0 aromatic rings. The van der Waals surface area contributed by atoms with Crippen molar-refractivity contribution in [1.29, 1.82) is 0 Å². The molecule has 0 aliphatic carbocycles. The van der Waals surface area contributed by atoms with Gasteiger partial charge in [-0.15, -0.1) is 0 Å². The van der Waals surface area contributed by atoms with Gasteiger partial charge in [-0.05, 0) is 33.6 Å². The van der Waals surface area contributed by atoms with Crippen molar-refractivity contribution in [1.82, 2.24) is 15.5 Å². The summed E-state index contributed by atoms with van der Waals surface area (Å²) in [6, 6.07) is -0.501. The zero-order chi connectivity index (χ0) is 14.8. The third-order valence-corrected chi connectivity index (χ3v) is 3.90. The first-order valence-electron chi connectivity index (χ1n) is 6.60. The van der Waals surface area contributed by atoms with Crippen LogP contribution in [0.2, 0.25) is 0 Å². The molecular weight excluding hydrogens is 246 g/mol. The van der Waals surface area contributed by atoms with Crippen LogP contribution in [-0.4, -0.2) is 40.4 Å². The molecule has 2 N–H and O–H groups in total. The van der Waals surface area contributed by atoms with E-state index in [-0.39, 0.29) is 23.9 Å². The number of amides is 4. The van der Waals surface area contributed by atoms with Crippen LogP contribution in [0.4, 0.5) is 4.79 Å². The van der Waals surface area contributed by atoms with E-state index in [9.17, 15) is 14.4 Å². The van der Waals surface area contributed by atoms with E-state index in [0.29, 0.717) is 6.42 Å². The number of nitrogens with zero attached hydrogens (tertiary/aromatic N) is 1. The van der Waals surface area contributed by atoms with Crippen LogP contribution in [0.3, 0.4) is 0 Å². The molecule has 1 atom stereocenters. The van der Waals surface area contributed by atoms with Gasteiger partial charge in [0.1, 0.15) is 12.1 Å². The highest BCUT2D eigenvalue weighted by Gasteiger charge is 2.48. The Balaban J connectivity index is 2.78. The predicted molar refractivity (Wildman–Crippen MR) is 71.5 cm³/mol. The molecule has 1 fully saturated rings. The Hall–Kier alpha value is -1.59. The largest absolute Gasteiger partial charge is 0.350 e. The molecule has 0 aromatic carbocycles. The van der Waals surface area contributed by atoms with E-state index in [0.717, 1.165) is 6.42 Å². The quantitative estimate of drug-likeness (QED) is 0.731. The van der Waals surface area contributed by atoms with Gasteiger partial charge in [-0.25, -0.2) is 4.79 Å². The molecule has 1 heterocycles. The fourth-order valence-electron chi connectivity index (χ4n) is 1.89. The Morgan fingerprint density at radius 3 is 2.42 bits per heavy atom. The predicted octanol–water partition coefficient (Wildman–Crippen LogP) is 1.01. The maximum absolute atomic E-state index is 12.0. The molecule has 0 radical (unpaired) electrons. The molecule has 1 saturated heterocycles. The minimum absolute atomic E-state index is 0.106. The molecule has 0 spiro atoms. The topological polar surface area (TPSA) is 78.5 Å². The van der Waals surface area contributed by atoms with Crippen LogP contribution in [0.1, 0.15) is 47.5 Å². The first kappa shape index (κ1) is 15.5. The second kappa shape index (κ2) is 5.19. The van der Waals surface area contributed by atoms with Crippen molar-refractivity contribution >= 4 is 17.8 Å². The van der Waals surface area contributed by atoms with Gasteiger partial charge < -0.3 is 10.2 Å². The van der Waals surface area contributed by atoms with Crippen LogP contribution in [-0.2, 0) is 9.59 Å². The molecule has 6 nitrogen and oxygen atoms in total. The van der Waals surface area contributed by atoms with E-state index in [1.54, 1.807) is 6.92 Å². The number of carbonyl (C=O) groups is 3. The summed E-state index contributed by atoms with van der Waals surface area (Å²) in [5, 5.41) is 5.12. The zero-order valence-electron chi connectivity index (χ0n) is 12.3. The van der Waals surface area contributed by atoms with Crippen molar-refractivity contribution in [2.24, 2.45) is 0 Å². The molecular formula is C13H23N3O3. The lowest BCUT2D eigenvalue weighted by Crippen LogP contribution is -2.53. The lowest BCUT2D eigenvalue weighted by Gasteiger charge is -2.32. The highest BCUT2D eigenvalue weighted by molar-refractivity contribution is 6.07. The van der Waals surface area contributed by atoms with Crippen LogP contribution in [0.25, 0.3) is 0 Å². The standard InChI is InChI=1S/C13H23N3O3/c1-6-12(3,4)15-9(17)8-16-11(19)14-10(18)13(16,5)7-2/h6-8H2,1-5H3,(H,15,17)(H,14,18,19). The smallest absolute Gasteiger partial charge is 0.325 e. The van der Waals surface area contributed by atoms with Gasteiger partial charge in [-0.3, -0.25) is 14.9 Å². The van der Waals surface area contributed by atoms with Crippen LogP contribution in [0.15, 0.2) is 0 Å². The molecule has 108 valence electrons. The molecule has 19 heavy (non-hydrogen) atoms. The Bertz CT molecular complexity index is 406. The number of hydrogen-bond acceptors (Lipinski definition) is 3. The zero-order valence-corrected chi connectivity index (χ0v) is 12.3. The highest BCUT2D eigenvalue weighted by atomic mass is 16.2.